The summed E-state index contributed by atoms with van der Waals surface area (Å²) in [4.78, 5) is 23.0. The molecule has 4 N–H and O–H groups in total. The van der Waals surface area contributed by atoms with Gasteiger partial charge in [-0.15, -0.1) is 0 Å². The van der Waals surface area contributed by atoms with Crippen LogP contribution in [0.3, 0.4) is 0 Å². The van der Waals surface area contributed by atoms with Gasteiger partial charge >= 0.3 is 5.97 Å². The number of aromatic carboxylic acids is 1. The molecule has 0 bridgehead atoms. The molecule has 110 valence electrons. The zero-order valence-corrected chi connectivity index (χ0v) is 12.1. The van der Waals surface area contributed by atoms with Crippen molar-refractivity contribution in [2.24, 2.45) is 17.1 Å². The van der Waals surface area contributed by atoms with Crippen molar-refractivity contribution in [1.29, 1.82) is 0 Å². The molecule has 1 aromatic carbocycles. The Hall–Kier alpha value is -1.88. The number of anilines is 1. The van der Waals surface area contributed by atoms with Gasteiger partial charge in [0.1, 0.15) is 0 Å². The third-order valence-corrected chi connectivity index (χ3v) is 2.89. The minimum atomic E-state index is -1.02. The summed E-state index contributed by atoms with van der Waals surface area (Å²) < 4.78 is 0. The van der Waals surface area contributed by atoms with Crippen molar-refractivity contribution in [3.05, 3.63) is 29.8 Å². The van der Waals surface area contributed by atoms with Gasteiger partial charge in [0.25, 0.3) is 0 Å². The van der Waals surface area contributed by atoms with Crippen molar-refractivity contribution < 1.29 is 14.7 Å². The second kappa shape index (κ2) is 6.52. The summed E-state index contributed by atoms with van der Waals surface area (Å²) in [6, 6.07) is 6.17. The van der Waals surface area contributed by atoms with Crippen LogP contribution in [0.1, 0.15) is 37.6 Å². The number of carbonyl (C=O) groups is 2. The second-order valence-electron chi connectivity index (χ2n) is 6.07. The largest absolute Gasteiger partial charge is 0.478 e. The molecule has 0 aliphatic heterocycles. The highest BCUT2D eigenvalue weighted by Gasteiger charge is 2.23. The smallest absolute Gasteiger partial charge is 0.335 e. The van der Waals surface area contributed by atoms with E-state index in [0.29, 0.717) is 12.1 Å². The molecule has 0 saturated heterocycles. The Balaban J connectivity index is 2.78. The van der Waals surface area contributed by atoms with Crippen LogP contribution in [0.4, 0.5) is 5.69 Å². The Kier molecular flexibility index (Phi) is 5.27. The number of rotatable bonds is 5. The number of nitrogens with one attached hydrogen (secondary N) is 1. The molecule has 0 saturated carbocycles. The lowest BCUT2D eigenvalue weighted by Gasteiger charge is -2.24. The zero-order chi connectivity index (χ0) is 15.3. The van der Waals surface area contributed by atoms with Crippen LogP contribution in [0.2, 0.25) is 0 Å². The number of carboxylic acid groups (broad SMARTS) is 1. The van der Waals surface area contributed by atoms with E-state index in [0.717, 1.165) is 0 Å². The van der Waals surface area contributed by atoms with E-state index in [-0.39, 0.29) is 29.3 Å². The van der Waals surface area contributed by atoms with Crippen LogP contribution in [0, 0.1) is 11.3 Å². The summed E-state index contributed by atoms with van der Waals surface area (Å²) >= 11 is 0. The Morgan fingerprint density at radius 3 is 2.50 bits per heavy atom. The molecule has 0 aliphatic rings. The summed E-state index contributed by atoms with van der Waals surface area (Å²) in [5, 5.41) is 11.6. The van der Waals surface area contributed by atoms with Crippen molar-refractivity contribution in [2.45, 2.75) is 27.2 Å². The molecule has 20 heavy (non-hydrogen) atoms. The molecule has 0 fully saturated rings. The number of hydrogen-bond donors (Lipinski definition) is 3. The molecule has 1 amide bonds. The minimum absolute atomic E-state index is 0.00426. The van der Waals surface area contributed by atoms with E-state index in [9.17, 15) is 9.59 Å². The SMILES string of the molecule is CC(C)(C)CC(CN)C(=O)Nc1cccc(C(=O)O)c1. The first kappa shape index (κ1) is 16.2. The fourth-order valence-electron chi connectivity index (χ4n) is 2.00. The second-order valence-corrected chi connectivity index (χ2v) is 6.07. The van der Waals surface area contributed by atoms with Gasteiger partial charge in [0, 0.05) is 12.2 Å². The maximum Gasteiger partial charge on any atom is 0.335 e. The van der Waals surface area contributed by atoms with Crippen molar-refractivity contribution in [1.82, 2.24) is 0 Å². The summed E-state index contributed by atoms with van der Waals surface area (Å²) in [5.74, 6) is -1.49. The van der Waals surface area contributed by atoms with E-state index in [1.54, 1.807) is 12.1 Å². The molecule has 1 atom stereocenters. The quantitative estimate of drug-likeness (QED) is 0.770. The molecule has 0 aliphatic carbocycles. The maximum absolute atomic E-state index is 12.2. The van der Waals surface area contributed by atoms with Gasteiger partial charge < -0.3 is 16.2 Å². The molecule has 5 nitrogen and oxygen atoms in total. The Morgan fingerprint density at radius 1 is 1.35 bits per heavy atom. The lowest BCUT2D eigenvalue weighted by Crippen LogP contribution is -2.32. The van der Waals surface area contributed by atoms with Gasteiger partial charge in [-0.25, -0.2) is 4.79 Å². The van der Waals surface area contributed by atoms with Crippen molar-refractivity contribution in [3.63, 3.8) is 0 Å². The molecule has 0 aromatic heterocycles. The highest BCUT2D eigenvalue weighted by atomic mass is 16.4. The van der Waals surface area contributed by atoms with Gasteiger partial charge in [-0.1, -0.05) is 26.8 Å². The van der Waals surface area contributed by atoms with E-state index < -0.39 is 5.97 Å². The standard InChI is InChI=1S/C15H22N2O3/c1-15(2,3)8-11(9-16)13(18)17-12-6-4-5-10(7-12)14(19)20/h4-7,11H,8-9,16H2,1-3H3,(H,17,18)(H,19,20). The highest BCUT2D eigenvalue weighted by molar-refractivity contribution is 5.95. The Bertz CT molecular complexity index is 492. The van der Waals surface area contributed by atoms with Crippen LogP contribution < -0.4 is 11.1 Å². The summed E-state index contributed by atoms with van der Waals surface area (Å²) in [5.41, 5.74) is 6.28. The number of nitrogens with two attached hydrogens (primary N) is 1. The van der Waals surface area contributed by atoms with E-state index in [4.69, 9.17) is 10.8 Å². The molecule has 0 spiro atoms. The topological polar surface area (TPSA) is 92.4 Å². The summed E-state index contributed by atoms with van der Waals surface area (Å²) in [6.07, 6.45) is 0.675. The van der Waals surface area contributed by atoms with Gasteiger partial charge in [0.15, 0.2) is 0 Å². The normalized spacial score (nSPS) is 12.8. The Morgan fingerprint density at radius 2 is 2.00 bits per heavy atom. The predicted octanol–water partition coefficient (Wildman–Crippen LogP) is 2.33. The van der Waals surface area contributed by atoms with E-state index in [1.165, 1.54) is 12.1 Å². The first-order chi connectivity index (χ1) is 9.23. The van der Waals surface area contributed by atoms with Crippen LogP contribution in [0.5, 0.6) is 0 Å². The number of carbonyl (C=O) groups excluding carboxylic acids is 1. The number of amides is 1. The number of benzene rings is 1. The van der Waals surface area contributed by atoms with Crippen molar-refractivity contribution >= 4 is 17.6 Å². The fraction of sp³-hybridized carbons (Fsp3) is 0.467. The fourth-order valence-corrected chi connectivity index (χ4v) is 2.00. The monoisotopic (exact) mass is 278 g/mol. The van der Waals surface area contributed by atoms with Gasteiger partial charge in [0.05, 0.1) is 11.5 Å². The average Bonchev–Trinajstić information content (AvgIpc) is 2.35. The number of hydrogen-bond acceptors (Lipinski definition) is 3. The highest BCUT2D eigenvalue weighted by Crippen LogP contribution is 2.25. The van der Waals surface area contributed by atoms with Crippen molar-refractivity contribution in [3.8, 4) is 0 Å². The lowest BCUT2D eigenvalue weighted by atomic mass is 9.84. The molecule has 0 radical (unpaired) electrons. The van der Waals surface area contributed by atoms with Gasteiger partial charge in [0.2, 0.25) is 5.91 Å². The summed E-state index contributed by atoms with van der Waals surface area (Å²) in [7, 11) is 0. The van der Waals surface area contributed by atoms with Crippen molar-refractivity contribution in [2.75, 3.05) is 11.9 Å². The molecule has 5 heteroatoms. The summed E-state index contributed by atoms with van der Waals surface area (Å²) in [6.45, 7) is 6.41. The maximum atomic E-state index is 12.2. The predicted molar refractivity (Wildman–Crippen MR) is 78.6 cm³/mol. The Labute approximate surface area is 119 Å². The molecule has 1 rings (SSSR count). The van der Waals surface area contributed by atoms with Crippen LogP contribution in [-0.2, 0) is 4.79 Å². The van der Waals surface area contributed by atoms with Gasteiger partial charge in [-0.05, 0) is 30.0 Å². The minimum Gasteiger partial charge on any atom is -0.478 e. The van der Waals surface area contributed by atoms with Gasteiger partial charge in [-0.2, -0.15) is 0 Å². The molecule has 0 heterocycles. The first-order valence-electron chi connectivity index (χ1n) is 6.57. The lowest BCUT2D eigenvalue weighted by molar-refractivity contribution is -0.120. The average molecular weight is 278 g/mol. The van der Waals surface area contributed by atoms with Crippen LogP contribution in [-0.4, -0.2) is 23.5 Å². The van der Waals surface area contributed by atoms with E-state index in [2.05, 4.69) is 5.32 Å². The molecule has 1 unspecified atom stereocenters. The third kappa shape index (κ3) is 5.01. The van der Waals surface area contributed by atoms with Gasteiger partial charge in [-0.3, -0.25) is 4.79 Å². The number of carboxylic acids is 1. The van der Waals surface area contributed by atoms with Crippen LogP contribution in [0.15, 0.2) is 24.3 Å². The third-order valence-electron chi connectivity index (χ3n) is 2.89. The first-order valence-corrected chi connectivity index (χ1v) is 6.57. The van der Waals surface area contributed by atoms with E-state index in [1.807, 2.05) is 20.8 Å². The van der Waals surface area contributed by atoms with E-state index >= 15 is 0 Å². The van der Waals surface area contributed by atoms with Crippen LogP contribution >= 0.6 is 0 Å². The molecule has 1 aromatic rings. The zero-order valence-electron chi connectivity index (χ0n) is 12.1. The molecular formula is C15H22N2O3. The molecular weight excluding hydrogens is 256 g/mol. The van der Waals surface area contributed by atoms with Crippen LogP contribution in [0.25, 0.3) is 0 Å².